The van der Waals surface area contributed by atoms with E-state index in [4.69, 9.17) is 0 Å². The maximum atomic E-state index is 2.33. The van der Waals surface area contributed by atoms with Crippen molar-refractivity contribution in [2.24, 2.45) is 0 Å². The second-order valence-corrected chi connectivity index (χ2v) is 20.5. The fraction of sp³-hybridized carbons (Fsp3) is 0.538. The summed E-state index contributed by atoms with van der Waals surface area (Å²) < 4.78 is 0. The lowest BCUT2D eigenvalue weighted by Crippen LogP contribution is -2.13. The summed E-state index contributed by atoms with van der Waals surface area (Å²) in [6.07, 6.45) is 40.2. The van der Waals surface area contributed by atoms with Crippen molar-refractivity contribution < 1.29 is 0 Å². The smallest absolute Gasteiger partial charge is 0.0195 e. The zero-order valence-corrected chi connectivity index (χ0v) is 36.0. The van der Waals surface area contributed by atoms with Crippen molar-refractivity contribution in [2.45, 2.75) is 167 Å². The summed E-state index contributed by atoms with van der Waals surface area (Å²) in [5.41, 5.74) is 0. The SMILES string of the molecule is c1ccc(P(CCCCCCCCCCCCCCCCCCCCCCCCCCCCP(c2ccccc2)c2ccccc2)c2ccccc2)cc1. The predicted molar refractivity (Wildman–Crippen MR) is 248 cm³/mol. The fourth-order valence-electron chi connectivity index (χ4n) is 8.03. The number of hydrogen-bond acceptors (Lipinski definition) is 0. The van der Waals surface area contributed by atoms with E-state index < -0.39 is 0 Å². The van der Waals surface area contributed by atoms with Crippen molar-refractivity contribution in [3.63, 3.8) is 0 Å². The number of rotatable bonds is 33. The van der Waals surface area contributed by atoms with Gasteiger partial charge in [0.15, 0.2) is 0 Å². The summed E-state index contributed by atoms with van der Waals surface area (Å²) >= 11 is 0. The van der Waals surface area contributed by atoms with Gasteiger partial charge in [-0.15, -0.1) is 0 Å². The lowest BCUT2D eigenvalue weighted by molar-refractivity contribution is 0.516. The normalized spacial score (nSPS) is 11.5. The summed E-state index contributed by atoms with van der Waals surface area (Å²) in [7, 11) is -0.419. The molecule has 0 heterocycles. The quantitative estimate of drug-likeness (QED) is 0.0335. The first-order chi connectivity index (χ1) is 26.9. The van der Waals surface area contributed by atoms with Gasteiger partial charge in [-0.2, -0.15) is 0 Å². The van der Waals surface area contributed by atoms with Crippen molar-refractivity contribution >= 4 is 37.1 Å². The van der Waals surface area contributed by atoms with Crippen LogP contribution < -0.4 is 21.2 Å². The van der Waals surface area contributed by atoms with E-state index in [0.717, 1.165) is 0 Å². The number of hydrogen-bond donors (Lipinski definition) is 0. The minimum atomic E-state index is -0.209. The van der Waals surface area contributed by atoms with Crippen LogP contribution >= 0.6 is 15.8 Å². The molecule has 0 spiro atoms. The zero-order valence-electron chi connectivity index (χ0n) is 34.2. The highest BCUT2D eigenvalue weighted by Crippen LogP contribution is 2.36. The third-order valence-corrected chi connectivity index (χ3v) is 16.5. The second kappa shape index (κ2) is 30.9. The molecule has 0 nitrogen and oxygen atoms in total. The number of unbranched alkanes of at least 4 members (excludes halogenated alkanes) is 25. The Hall–Kier alpha value is -2.26. The number of benzene rings is 4. The van der Waals surface area contributed by atoms with Crippen molar-refractivity contribution in [1.29, 1.82) is 0 Å². The van der Waals surface area contributed by atoms with Gasteiger partial charge in [-0.05, 0) is 62.2 Å². The Kier molecular flexibility index (Phi) is 25.4. The average Bonchev–Trinajstić information content (AvgIpc) is 3.23. The van der Waals surface area contributed by atoms with Crippen LogP contribution in [0.15, 0.2) is 121 Å². The zero-order chi connectivity index (χ0) is 37.4. The molecule has 0 radical (unpaired) electrons. The van der Waals surface area contributed by atoms with E-state index >= 15 is 0 Å². The fourth-order valence-corrected chi connectivity index (χ4v) is 12.9. The third kappa shape index (κ3) is 20.1. The lowest BCUT2D eigenvalue weighted by Gasteiger charge is -2.18. The molecule has 0 saturated carbocycles. The van der Waals surface area contributed by atoms with E-state index in [9.17, 15) is 0 Å². The second-order valence-electron chi connectivity index (χ2n) is 15.8. The monoisotopic (exact) mass is 763 g/mol. The molecule has 0 aromatic heterocycles. The van der Waals surface area contributed by atoms with Gasteiger partial charge in [0, 0.05) is 0 Å². The van der Waals surface area contributed by atoms with Crippen LogP contribution in [-0.2, 0) is 0 Å². The molecule has 2 heteroatoms. The van der Waals surface area contributed by atoms with E-state index in [1.807, 2.05) is 0 Å². The van der Waals surface area contributed by atoms with Crippen LogP contribution in [0.25, 0.3) is 0 Å². The molecule has 0 bridgehead atoms. The topological polar surface area (TPSA) is 0 Å². The average molecular weight is 763 g/mol. The van der Waals surface area contributed by atoms with Gasteiger partial charge in [0.2, 0.25) is 0 Å². The molecule has 294 valence electrons. The van der Waals surface area contributed by atoms with Crippen LogP contribution in [0.1, 0.15) is 167 Å². The van der Waals surface area contributed by atoms with Crippen LogP contribution in [0.2, 0.25) is 0 Å². The van der Waals surface area contributed by atoms with Crippen molar-refractivity contribution in [1.82, 2.24) is 0 Å². The maximum absolute atomic E-state index is 2.33. The molecule has 4 aromatic carbocycles. The minimum Gasteiger partial charge on any atom is -0.0622 e. The molecule has 0 aliphatic carbocycles. The standard InChI is InChI=1S/C52H76P2/c1(3-5-7-9-11-13-15-17-19-21-23-37-47-53(49-39-29-25-30-40-49)50-41-31-26-32-42-50)2-4-6-8-10-12-14-16-18-20-22-24-38-48-54(51-43-33-27-34-44-51)52-45-35-28-36-46-52/h25-36,39-46H,1-24,37-38,47-48H2. The molecular formula is C52H76P2. The van der Waals surface area contributed by atoms with Gasteiger partial charge < -0.3 is 0 Å². The lowest BCUT2D eigenvalue weighted by atomic mass is 10.0. The van der Waals surface area contributed by atoms with E-state index in [0.29, 0.717) is 0 Å². The molecule has 0 aliphatic rings. The van der Waals surface area contributed by atoms with Gasteiger partial charge in [-0.25, -0.2) is 0 Å². The van der Waals surface area contributed by atoms with Gasteiger partial charge in [-0.1, -0.05) is 275 Å². The van der Waals surface area contributed by atoms with Gasteiger partial charge >= 0.3 is 0 Å². The molecule has 0 fully saturated rings. The van der Waals surface area contributed by atoms with Crippen LogP contribution in [0, 0.1) is 0 Å². The van der Waals surface area contributed by atoms with Crippen LogP contribution in [-0.4, -0.2) is 12.3 Å². The summed E-state index contributed by atoms with van der Waals surface area (Å²) in [5, 5.41) is 6.13. The molecule has 0 unspecified atom stereocenters. The largest absolute Gasteiger partial charge is 0.0622 e. The van der Waals surface area contributed by atoms with Gasteiger partial charge in [0.25, 0.3) is 0 Å². The van der Waals surface area contributed by atoms with E-state index in [1.54, 1.807) is 0 Å². The third-order valence-electron chi connectivity index (χ3n) is 11.3. The first-order valence-corrected chi connectivity index (χ1v) is 25.7. The Labute approximate surface area is 336 Å². The Morgan fingerprint density at radius 3 is 0.500 bits per heavy atom. The molecule has 0 N–H and O–H groups in total. The van der Waals surface area contributed by atoms with E-state index in [-0.39, 0.29) is 15.8 Å². The van der Waals surface area contributed by atoms with Gasteiger partial charge in [-0.3, -0.25) is 0 Å². The van der Waals surface area contributed by atoms with Crippen LogP contribution in [0.5, 0.6) is 0 Å². The van der Waals surface area contributed by atoms with E-state index in [2.05, 4.69) is 121 Å². The highest BCUT2D eigenvalue weighted by molar-refractivity contribution is 7.73. The molecule has 0 atom stereocenters. The Morgan fingerprint density at radius 1 is 0.185 bits per heavy atom. The highest BCUT2D eigenvalue weighted by Gasteiger charge is 2.14. The summed E-state index contributed by atoms with van der Waals surface area (Å²) in [6, 6.07) is 44.9. The summed E-state index contributed by atoms with van der Waals surface area (Å²) in [6.45, 7) is 0. The molecule has 0 saturated heterocycles. The minimum absolute atomic E-state index is 0.209. The van der Waals surface area contributed by atoms with Gasteiger partial charge in [0.05, 0.1) is 0 Å². The van der Waals surface area contributed by atoms with Crippen molar-refractivity contribution in [3.05, 3.63) is 121 Å². The molecule has 54 heavy (non-hydrogen) atoms. The Balaban J connectivity index is 0.833. The molecular weight excluding hydrogens is 687 g/mol. The van der Waals surface area contributed by atoms with E-state index in [1.165, 1.54) is 200 Å². The summed E-state index contributed by atoms with van der Waals surface area (Å²) in [4.78, 5) is 0. The maximum Gasteiger partial charge on any atom is -0.0195 e. The van der Waals surface area contributed by atoms with Gasteiger partial charge in [0.1, 0.15) is 0 Å². The summed E-state index contributed by atoms with van der Waals surface area (Å²) in [5.74, 6) is 0. The molecule has 4 rings (SSSR count). The Bertz CT molecular complexity index is 1190. The van der Waals surface area contributed by atoms with Crippen LogP contribution in [0.3, 0.4) is 0 Å². The molecule has 0 amide bonds. The first kappa shape index (κ1) is 44.5. The predicted octanol–water partition coefficient (Wildman–Crippen LogP) is 15.4. The van der Waals surface area contributed by atoms with Crippen molar-refractivity contribution in [2.75, 3.05) is 12.3 Å². The Morgan fingerprint density at radius 2 is 0.333 bits per heavy atom. The molecule has 0 aliphatic heterocycles. The van der Waals surface area contributed by atoms with Crippen molar-refractivity contribution in [3.8, 4) is 0 Å². The molecule has 4 aromatic rings. The highest BCUT2D eigenvalue weighted by atomic mass is 31.1. The first-order valence-electron chi connectivity index (χ1n) is 22.7. The van der Waals surface area contributed by atoms with Crippen LogP contribution in [0.4, 0.5) is 0 Å².